The van der Waals surface area contributed by atoms with Crippen molar-refractivity contribution < 1.29 is 0 Å². The van der Waals surface area contributed by atoms with Gasteiger partial charge in [-0.2, -0.15) is 0 Å². The van der Waals surface area contributed by atoms with Crippen molar-refractivity contribution in [3.05, 3.63) is 73.1 Å². The summed E-state index contributed by atoms with van der Waals surface area (Å²) in [4.78, 5) is 5.72. The molecule has 3 rings (SSSR count). The molecule has 2 aromatic carbocycles. The van der Waals surface area contributed by atoms with Crippen LogP contribution in [-0.4, -0.2) is 24.5 Å². The average molecular weight is 373 g/mol. The summed E-state index contributed by atoms with van der Waals surface area (Å²) >= 11 is 2.31. The monoisotopic (exact) mass is 374 g/mol. The standard InChI is InChI=1S/C18H18N2SSe/c1-3-8-16(9-4-1)21-18-19-12-14-20(18)13-7-15-22-17-10-5-2-6-11-17/h1-6,8-12,14H,7,13,15H2. The second-order valence-corrected chi connectivity index (χ2v) is 8.33. The van der Waals surface area contributed by atoms with E-state index in [1.165, 1.54) is 21.1 Å². The summed E-state index contributed by atoms with van der Waals surface area (Å²) in [6.07, 6.45) is 5.18. The van der Waals surface area contributed by atoms with Crippen LogP contribution in [-0.2, 0) is 6.54 Å². The summed E-state index contributed by atoms with van der Waals surface area (Å²) in [6.45, 7) is 1.05. The molecule has 0 amide bonds. The van der Waals surface area contributed by atoms with E-state index in [-0.39, 0.29) is 0 Å². The molecular formula is C18H18N2SSe. The van der Waals surface area contributed by atoms with Crippen molar-refractivity contribution >= 4 is 31.2 Å². The van der Waals surface area contributed by atoms with E-state index in [4.69, 9.17) is 0 Å². The first kappa shape index (κ1) is 15.4. The van der Waals surface area contributed by atoms with Crippen LogP contribution >= 0.6 is 11.8 Å². The van der Waals surface area contributed by atoms with Gasteiger partial charge < -0.3 is 0 Å². The number of hydrogen-bond acceptors (Lipinski definition) is 2. The van der Waals surface area contributed by atoms with Crippen LogP contribution in [0.5, 0.6) is 0 Å². The summed E-state index contributed by atoms with van der Waals surface area (Å²) in [7, 11) is 0. The predicted molar refractivity (Wildman–Crippen MR) is 94.0 cm³/mol. The van der Waals surface area contributed by atoms with Crippen LogP contribution in [0.1, 0.15) is 6.42 Å². The maximum absolute atomic E-state index is 4.48. The molecule has 22 heavy (non-hydrogen) atoms. The van der Waals surface area contributed by atoms with Crippen molar-refractivity contribution in [3.63, 3.8) is 0 Å². The van der Waals surface area contributed by atoms with Crippen LogP contribution < -0.4 is 4.46 Å². The normalized spacial score (nSPS) is 10.7. The Balaban J connectivity index is 1.50. The molecule has 0 aliphatic rings. The van der Waals surface area contributed by atoms with E-state index in [9.17, 15) is 0 Å². The first-order valence-corrected chi connectivity index (χ1v) is 10.2. The molecular weight excluding hydrogens is 355 g/mol. The van der Waals surface area contributed by atoms with Gasteiger partial charge in [0.05, 0.1) is 0 Å². The predicted octanol–water partition coefficient (Wildman–Crippen LogP) is 3.87. The van der Waals surface area contributed by atoms with Gasteiger partial charge >= 0.3 is 142 Å². The Morgan fingerprint density at radius 2 is 1.68 bits per heavy atom. The zero-order valence-corrected chi connectivity index (χ0v) is 14.8. The van der Waals surface area contributed by atoms with Gasteiger partial charge in [0, 0.05) is 0 Å². The zero-order chi connectivity index (χ0) is 15.0. The fourth-order valence-corrected chi connectivity index (χ4v) is 4.79. The minimum atomic E-state index is 0.578. The third kappa shape index (κ3) is 4.51. The maximum atomic E-state index is 4.48. The Morgan fingerprint density at radius 1 is 0.955 bits per heavy atom. The summed E-state index contributed by atoms with van der Waals surface area (Å²) in [5.41, 5.74) is 0. The molecule has 0 spiro atoms. The molecule has 4 heteroatoms. The SMILES string of the molecule is c1ccc(Sc2nccn2CCC[Se]c2ccccc2)cc1. The number of rotatable bonds is 7. The van der Waals surface area contributed by atoms with Gasteiger partial charge in [-0.3, -0.25) is 0 Å². The molecule has 0 bridgehead atoms. The summed E-state index contributed by atoms with van der Waals surface area (Å²) in [5.74, 6) is 0. The van der Waals surface area contributed by atoms with E-state index in [0.717, 1.165) is 11.7 Å². The molecule has 0 atom stereocenters. The summed E-state index contributed by atoms with van der Waals surface area (Å²) in [5, 5.41) is 2.35. The number of imidazole rings is 1. The van der Waals surface area contributed by atoms with Crippen LogP contribution in [0.3, 0.4) is 0 Å². The van der Waals surface area contributed by atoms with Crippen molar-refractivity contribution in [1.29, 1.82) is 0 Å². The Hall–Kier alpha value is -1.48. The number of aromatic nitrogens is 2. The van der Waals surface area contributed by atoms with Crippen LogP contribution in [0.25, 0.3) is 0 Å². The molecule has 0 fully saturated rings. The van der Waals surface area contributed by atoms with Crippen molar-refractivity contribution in [1.82, 2.24) is 9.55 Å². The molecule has 0 saturated heterocycles. The average Bonchev–Trinajstić information content (AvgIpc) is 3.01. The van der Waals surface area contributed by atoms with Crippen LogP contribution in [0.2, 0.25) is 5.32 Å². The van der Waals surface area contributed by atoms with Crippen molar-refractivity contribution in [3.8, 4) is 0 Å². The third-order valence-corrected chi connectivity index (χ3v) is 6.52. The molecule has 2 nitrogen and oxygen atoms in total. The van der Waals surface area contributed by atoms with Gasteiger partial charge in [-0.15, -0.1) is 0 Å². The fourth-order valence-electron chi connectivity index (χ4n) is 2.11. The van der Waals surface area contributed by atoms with E-state index >= 15 is 0 Å². The molecule has 0 N–H and O–H groups in total. The molecule has 0 aliphatic carbocycles. The van der Waals surface area contributed by atoms with Gasteiger partial charge in [-0.05, 0) is 0 Å². The van der Waals surface area contributed by atoms with E-state index in [1.54, 1.807) is 11.8 Å². The van der Waals surface area contributed by atoms with Crippen LogP contribution in [0, 0.1) is 0 Å². The zero-order valence-electron chi connectivity index (χ0n) is 12.3. The molecule has 3 aromatic rings. The number of hydrogen-bond donors (Lipinski definition) is 0. The quantitative estimate of drug-likeness (QED) is 0.462. The van der Waals surface area contributed by atoms with E-state index < -0.39 is 0 Å². The van der Waals surface area contributed by atoms with Gasteiger partial charge in [0.2, 0.25) is 0 Å². The fraction of sp³-hybridized carbons (Fsp3) is 0.167. The Bertz CT molecular complexity index is 683. The molecule has 0 saturated carbocycles. The number of benzene rings is 2. The molecule has 0 aliphatic heterocycles. The van der Waals surface area contributed by atoms with Crippen molar-refractivity contribution in [2.75, 3.05) is 0 Å². The van der Waals surface area contributed by atoms with Crippen molar-refractivity contribution in [2.45, 2.75) is 28.3 Å². The third-order valence-electron chi connectivity index (χ3n) is 3.18. The Labute approximate surface area is 142 Å². The first-order valence-electron chi connectivity index (χ1n) is 7.34. The van der Waals surface area contributed by atoms with Crippen molar-refractivity contribution in [2.24, 2.45) is 0 Å². The van der Waals surface area contributed by atoms with Gasteiger partial charge in [0.15, 0.2) is 0 Å². The molecule has 0 unspecified atom stereocenters. The second kappa shape index (κ2) is 8.23. The van der Waals surface area contributed by atoms with Crippen LogP contribution in [0.4, 0.5) is 0 Å². The van der Waals surface area contributed by atoms with Gasteiger partial charge in [-0.25, -0.2) is 0 Å². The minimum absolute atomic E-state index is 0.578. The van der Waals surface area contributed by atoms with E-state index in [0.29, 0.717) is 15.0 Å². The Morgan fingerprint density at radius 3 is 2.45 bits per heavy atom. The second-order valence-electron chi connectivity index (χ2n) is 4.83. The molecule has 0 radical (unpaired) electrons. The molecule has 112 valence electrons. The van der Waals surface area contributed by atoms with Gasteiger partial charge in [0.1, 0.15) is 0 Å². The summed E-state index contributed by atoms with van der Waals surface area (Å²) < 4.78 is 3.75. The topological polar surface area (TPSA) is 17.8 Å². The van der Waals surface area contributed by atoms with Crippen LogP contribution in [0.15, 0.2) is 83.1 Å². The van der Waals surface area contributed by atoms with E-state index in [2.05, 4.69) is 70.3 Å². The summed E-state index contributed by atoms with van der Waals surface area (Å²) in [6, 6.07) is 21.2. The van der Waals surface area contributed by atoms with E-state index in [1.807, 2.05) is 12.3 Å². The number of aryl methyl sites for hydroxylation is 1. The van der Waals surface area contributed by atoms with Gasteiger partial charge in [0.25, 0.3) is 0 Å². The number of nitrogens with zero attached hydrogens (tertiary/aromatic N) is 2. The first-order chi connectivity index (χ1) is 10.9. The molecule has 1 heterocycles. The van der Waals surface area contributed by atoms with Gasteiger partial charge in [-0.1, -0.05) is 0 Å². The molecule has 1 aromatic heterocycles. The Kier molecular flexibility index (Phi) is 5.77.